The van der Waals surface area contributed by atoms with E-state index in [1.807, 2.05) is 25.1 Å². The van der Waals surface area contributed by atoms with Gasteiger partial charge in [0.15, 0.2) is 5.96 Å². The number of aromatic nitrogens is 2. The summed E-state index contributed by atoms with van der Waals surface area (Å²) >= 11 is 5.91. The fraction of sp³-hybridized carbons (Fsp3) is 0.286. The molecule has 0 spiro atoms. The molecule has 146 valence electrons. The number of rotatable bonds is 8. The van der Waals surface area contributed by atoms with E-state index in [9.17, 15) is 0 Å². The van der Waals surface area contributed by atoms with Crippen molar-refractivity contribution in [3.63, 3.8) is 0 Å². The van der Waals surface area contributed by atoms with Crippen molar-refractivity contribution in [1.29, 1.82) is 0 Å². The van der Waals surface area contributed by atoms with Crippen LogP contribution in [0.2, 0.25) is 5.02 Å². The number of aliphatic imine (C=N–C) groups is 1. The molecule has 0 saturated heterocycles. The number of hydrogen-bond acceptors (Lipinski definition) is 4. The predicted molar refractivity (Wildman–Crippen MR) is 113 cm³/mol. The first-order valence-corrected chi connectivity index (χ1v) is 9.77. The van der Waals surface area contributed by atoms with Crippen LogP contribution in [0.4, 0.5) is 0 Å². The molecule has 0 radical (unpaired) electrons. The maximum Gasteiger partial charge on any atom is 0.228 e. The maximum atomic E-state index is 5.91. The molecular weight excluding hydrogens is 374 g/mol. The molecule has 0 unspecified atom stereocenters. The number of hydrogen-bond donors (Lipinski definition) is 2. The van der Waals surface area contributed by atoms with E-state index >= 15 is 0 Å². The van der Waals surface area contributed by atoms with Crippen molar-refractivity contribution in [2.75, 3.05) is 19.6 Å². The van der Waals surface area contributed by atoms with E-state index < -0.39 is 0 Å². The summed E-state index contributed by atoms with van der Waals surface area (Å²) in [5.41, 5.74) is 2.17. The molecule has 2 N–H and O–H groups in total. The third kappa shape index (κ3) is 6.09. The second-order valence-corrected chi connectivity index (χ2v) is 6.63. The summed E-state index contributed by atoms with van der Waals surface area (Å²) in [5.74, 6) is 1.91. The Labute approximate surface area is 170 Å². The zero-order valence-corrected chi connectivity index (χ0v) is 16.6. The lowest BCUT2D eigenvalue weighted by Gasteiger charge is -2.11. The van der Waals surface area contributed by atoms with Crippen molar-refractivity contribution in [1.82, 2.24) is 20.8 Å². The Bertz CT molecular complexity index is 877. The Morgan fingerprint density at radius 2 is 1.82 bits per heavy atom. The van der Waals surface area contributed by atoms with Crippen LogP contribution in [0.3, 0.4) is 0 Å². The van der Waals surface area contributed by atoms with Crippen LogP contribution in [0.15, 0.2) is 64.1 Å². The van der Waals surface area contributed by atoms with Crippen LogP contribution < -0.4 is 10.6 Å². The molecule has 0 amide bonds. The van der Waals surface area contributed by atoms with Gasteiger partial charge < -0.3 is 15.2 Å². The van der Waals surface area contributed by atoms with Crippen LogP contribution in [-0.4, -0.2) is 35.7 Å². The van der Waals surface area contributed by atoms with Gasteiger partial charge in [-0.3, -0.25) is 4.99 Å². The van der Waals surface area contributed by atoms with E-state index in [0.29, 0.717) is 29.7 Å². The molecule has 0 saturated carbocycles. The van der Waals surface area contributed by atoms with E-state index in [4.69, 9.17) is 16.1 Å². The highest BCUT2D eigenvalue weighted by atomic mass is 35.5. The molecule has 6 nitrogen and oxygen atoms in total. The Kier molecular flexibility index (Phi) is 7.44. The summed E-state index contributed by atoms with van der Waals surface area (Å²) in [5, 5.41) is 11.3. The average molecular weight is 398 g/mol. The summed E-state index contributed by atoms with van der Waals surface area (Å²) < 4.78 is 5.33. The fourth-order valence-corrected chi connectivity index (χ4v) is 2.77. The first-order valence-electron chi connectivity index (χ1n) is 9.39. The highest BCUT2D eigenvalue weighted by Crippen LogP contribution is 2.18. The molecule has 3 aromatic rings. The molecular formula is C21H24ClN5O. The lowest BCUT2D eigenvalue weighted by atomic mass is 10.1. The zero-order valence-electron chi connectivity index (χ0n) is 15.9. The molecule has 0 aliphatic heterocycles. The maximum absolute atomic E-state index is 5.91. The van der Waals surface area contributed by atoms with Gasteiger partial charge in [0.05, 0.1) is 6.54 Å². The first kappa shape index (κ1) is 19.9. The van der Waals surface area contributed by atoms with Gasteiger partial charge in [-0.1, -0.05) is 47.1 Å². The number of halogens is 1. The van der Waals surface area contributed by atoms with Gasteiger partial charge in [-0.2, -0.15) is 4.98 Å². The number of benzene rings is 2. The largest absolute Gasteiger partial charge is 0.357 e. The van der Waals surface area contributed by atoms with Crippen molar-refractivity contribution >= 4 is 17.6 Å². The van der Waals surface area contributed by atoms with Crippen LogP contribution in [0.1, 0.15) is 18.4 Å². The lowest BCUT2D eigenvalue weighted by Crippen LogP contribution is -2.38. The smallest absolute Gasteiger partial charge is 0.228 e. The molecule has 28 heavy (non-hydrogen) atoms. The van der Waals surface area contributed by atoms with E-state index in [0.717, 1.165) is 31.0 Å². The predicted octanol–water partition coefficient (Wildman–Crippen LogP) is 3.73. The number of nitrogens with one attached hydrogen (secondary N) is 2. The van der Waals surface area contributed by atoms with Gasteiger partial charge in [-0.05, 0) is 43.2 Å². The SMILES string of the molecule is CCNC(=NCCc1nc(-c2ccc(Cl)cc2)no1)NCCc1ccccc1. The standard InChI is InChI=1S/C21H24ClN5O/c1-2-23-21(24-14-12-16-6-4-3-5-7-16)25-15-13-19-26-20(27-28-19)17-8-10-18(22)11-9-17/h3-11H,2,12-15H2,1H3,(H2,23,24,25). The minimum absolute atomic E-state index is 0.558. The van der Waals surface area contributed by atoms with Gasteiger partial charge in [0.1, 0.15) is 0 Å². The molecule has 0 atom stereocenters. The molecule has 1 aromatic heterocycles. The minimum Gasteiger partial charge on any atom is -0.357 e. The minimum atomic E-state index is 0.558. The van der Waals surface area contributed by atoms with E-state index in [2.05, 4.69) is 50.0 Å². The highest BCUT2D eigenvalue weighted by molar-refractivity contribution is 6.30. The van der Waals surface area contributed by atoms with Crippen LogP contribution in [0.5, 0.6) is 0 Å². The topological polar surface area (TPSA) is 75.3 Å². The summed E-state index contributed by atoms with van der Waals surface area (Å²) in [4.78, 5) is 9.01. The second kappa shape index (κ2) is 10.5. The van der Waals surface area contributed by atoms with E-state index in [1.54, 1.807) is 12.1 Å². The summed E-state index contributed by atoms with van der Waals surface area (Å²) in [6, 6.07) is 17.7. The molecule has 0 aliphatic carbocycles. The molecule has 2 aromatic carbocycles. The van der Waals surface area contributed by atoms with Crippen LogP contribution in [0.25, 0.3) is 11.4 Å². The van der Waals surface area contributed by atoms with Gasteiger partial charge >= 0.3 is 0 Å². The lowest BCUT2D eigenvalue weighted by molar-refractivity contribution is 0.380. The van der Waals surface area contributed by atoms with Crippen molar-refractivity contribution in [2.24, 2.45) is 4.99 Å². The van der Waals surface area contributed by atoms with Crippen LogP contribution in [0, 0.1) is 0 Å². The van der Waals surface area contributed by atoms with Crippen molar-refractivity contribution in [2.45, 2.75) is 19.8 Å². The van der Waals surface area contributed by atoms with Crippen molar-refractivity contribution < 1.29 is 4.52 Å². The summed E-state index contributed by atoms with van der Waals surface area (Å²) in [6.07, 6.45) is 1.52. The third-order valence-corrected chi connectivity index (χ3v) is 4.31. The van der Waals surface area contributed by atoms with Gasteiger partial charge in [-0.25, -0.2) is 0 Å². The van der Waals surface area contributed by atoms with E-state index in [1.165, 1.54) is 5.56 Å². The zero-order chi connectivity index (χ0) is 19.6. The van der Waals surface area contributed by atoms with Gasteiger partial charge in [-0.15, -0.1) is 0 Å². The normalized spacial score (nSPS) is 11.4. The first-order chi connectivity index (χ1) is 13.7. The van der Waals surface area contributed by atoms with E-state index in [-0.39, 0.29) is 0 Å². The van der Waals surface area contributed by atoms with Crippen molar-refractivity contribution in [3.05, 3.63) is 71.1 Å². The molecule has 3 rings (SSSR count). The Morgan fingerprint density at radius 1 is 1.04 bits per heavy atom. The second-order valence-electron chi connectivity index (χ2n) is 6.19. The molecule has 7 heteroatoms. The molecule has 0 aliphatic rings. The van der Waals surface area contributed by atoms with Crippen LogP contribution >= 0.6 is 11.6 Å². The Balaban J connectivity index is 1.50. The third-order valence-electron chi connectivity index (χ3n) is 4.06. The monoisotopic (exact) mass is 397 g/mol. The fourth-order valence-electron chi connectivity index (χ4n) is 2.65. The van der Waals surface area contributed by atoms with Crippen molar-refractivity contribution in [3.8, 4) is 11.4 Å². The van der Waals surface area contributed by atoms with Gasteiger partial charge in [0.25, 0.3) is 0 Å². The quantitative estimate of drug-likeness (QED) is 0.447. The Morgan fingerprint density at radius 3 is 2.57 bits per heavy atom. The Hall–Kier alpha value is -2.86. The summed E-state index contributed by atoms with van der Waals surface area (Å²) in [7, 11) is 0. The van der Waals surface area contributed by atoms with Gasteiger partial charge in [0.2, 0.25) is 11.7 Å². The highest BCUT2D eigenvalue weighted by Gasteiger charge is 2.08. The summed E-state index contributed by atoms with van der Waals surface area (Å²) in [6.45, 7) is 4.23. The number of nitrogens with zero attached hydrogens (tertiary/aromatic N) is 3. The molecule has 0 fully saturated rings. The molecule has 0 bridgehead atoms. The van der Waals surface area contributed by atoms with Crippen LogP contribution in [-0.2, 0) is 12.8 Å². The van der Waals surface area contributed by atoms with Gasteiger partial charge in [0, 0.05) is 30.1 Å². The molecule has 1 heterocycles. The number of guanidine groups is 1. The average Bonchev–Trinajstić information content (AvgIpc) is 3.18.